The van der Waals surface area contributed by atoms with E-state index < -0.39 is 0 Å². The molecule has 2 aromatic rings. The van der Waals surface area contributed by atoms with Crippen molar-refractivity contribution < 1.29 is 14.3 Å². The maximum absolute atomic E-state index is 12.8. The molecule has 0 aliphatic carbocycles. The summed E-state index contributed by atoms with van der Waals surface area (Å²) in [6.07, 6.45) is 0.848. The van der Waals surface area contributed by atoms with Crippen LogP contribution in [0.3, 0.4) is 0 Å². The second-order valence-corrected chi connectivity index (χ2v) is 6.62. The van der Waals surface area contributed by atoms with Gasteiger partial charge in [-0.1, -0.05) is 25.1 Å². The minimum atomic E-state index is -0.252. The first kappa shape index (κ1) is 19.7. The number of para-hydroxylation sites is 2. The van der Waals surface area contributed by atoms with Crippen molar-refractivity contribution in [1.29, 1.82) is 0 Å². The molecule has 1 aliphatic rings. The molecule has 1 fully saturated rings. The van der Waals surface area contributed by atoms with Crippen LogP contribution in [-0.4, -0.2) is 61.5 Å². The maximum Gasteiger partial charge on any atom is 0.272 e. The molecule has 28 heavy (non-hydrogen) atoms. The number of ether oxygens (including phenoxy) is 1. The van der Waals surface area contributed by atoms with E-state index in [0.717, 1.165) is 17.9 Å². The number of amides is 2. The maximum atomic E-state index is 12.8. The topological polar surface area (TPSA) is 74.8 Å². The monoisotopic (exact) mass is 382 g/mol. The van der Waals surface area contributed by atoms with Gasteiger partial charge in [0.25, 0.3) is 11.8 Å². The zero-order valence-corrected chi connectivity index (χ0v) is 16.4. The molecule has 1 aromatic carbocycles. The van der Waals surface area contributed by atoms with Gasteiger partial charge in [-0.2, -0.15) is 0 Å². The number of aromatic nitrogens is 1. The van der Waals surface area contributed by atoms with Gasteiger partial charge in [-0.25, -0.2) is 4.98 Å². The molecular weight excluding hydrogens is 356 g/mol. The van der Waals surface area contributed by atoms with E-state index in [4.69, 9.17) is 4.74 Å². The highest BCUT2D eigenvalue weighted by atomic mass is 16.5. The fourth-order valence-electron chi connectivity index (χ4n) is 3.21. The fourth-order valence-corrected chi connectivity index (χ4v) is 3.21. The minimum absolute atomic E-state index is 0.148. The molecule has 1 saturated heterocycles. The number of anilines is 1. The Hall–Kier alpha value is -3.09. The Balaban J connectivity index is 1.65. The van der Waals surface area contributed by atoms with Gasteiger partial charge in [0.05, 0.1) is 12.8 Å². The Morgan fingerprint density at radius 1 is 1.04 bits per heavy atom. The number of pyridine rings is 1. The van der Waals surface area contributed by atoms with Gasteiger partial charge in [0.1, 0.15) is 17.1 Å². The van der Waals surface area contributed by atoms with E-state index in [1.807, 2.05) is 31.2 Å². The lowest BCUT2D eigenvalue weighted by molar-refractivity contribution is 0.0740. The van der Waals surface area contributed by atoms with Crippen molar-refractivity contribution in [1.82, 2.24) is 15.2 Å². The fraction of sp³-hybridized carbons (Fsp3) is 0.381. The molecule has 0 spiro atoms. The average Bonchev–Trinajstić information content (AvgIpc) is 2.77. The predicted octanol–water partition coefficient (Wildman–Crippen LogP) is 2.19. The van der Waals surface area contributed by atoms with Crippen LogP contribution in [0.15, 0.2) is 42.5 Å². The molecule has 0 radical (unpaired) electrons. The average molecular weight is 382 g/mol. The van der Waals surface area contributed by atoms with E-state index in [1.54, 1.807) is 30.2 Å². The van der Waals surface area contributed by atoms with Gasteiger partial charge in [-0.05, 0) is 30.7 Å². The van der Waals surface area contributed by atoms with Crippen molar-refractivity contribution in [3.8, 4) is 5.75 Å². The van der Waals surface area contributed by atoms with Gasteiger partial charge >= 0.3 is 0 Å². The van der Waals surface area contributed by atoms with Crippen LogP contribution in [0, 0.1) is 0 Å². The smallest absolute Gasteiger partial charge is 0.272 e. The van der Waals surface area contributed by atoms with Crippen LogP contribution in [0.2, 0.25) is 0 Å². The Bertz CT molecular complexity index is 832. The second kappa shape index (κ2) is 9.21. The number of benzene rings is 1. The summed E-state index contributed by atoms with van der Waals surface area (Å²) in [6.45, 7) is 5.17. The van der Waals surface area contributed by atoms with Gasteiger partial charge in [-0.15, -0.1) is 0 Å². The number of rotatable bonds is 6. The molecule has 3 rings (SSSR count). The summed E-state index contributed by atoms with van der Waals surface area (Å²) in [5.74, 6) is 0.428. The highest BCUT2D eigenvalue weighted by Gasteiger charge is 2.24. The molecule has 2 amide bonds. The lowest BCUT2D eigenvalue weighted by Gasteiger charge is -2.36. The summed E-state index contributed by atoms with van der Waals surface area (Å²) in [5.41, 5.74) is 1.60. The standard InChI is InChI=1S/C21H26N4O3/c1-3-11-22-20(26)16-7-6-8-17(23-16)21(27)25-14-12-24(13-15-25)18-9-4-5-10-19(18)28-2/h4-10H,3,11-15H2,1-2H3,(H,22,26). The lowest BCUT2D eigenvalue weighted by Crippen LogP contribution is -2.49. The second-order valence-electron chi connectivity index (χ2n) is 6.62. The van der Waals surface area contributed by atoms with Gasteiger partial charge < -0.3 is 19.9 Å². The van der Waals surface area contributed by atoms with E-state index in [9.17, 15) is 9.59 Å². The summed E-state index contributed by atoms with van der Waals surface area (Å²) in [6, 6.07) is 12.9. The Labute approximate surface area is 165 Å². The number of hydrogen-bond donors (Lipinski definition) is 1. The third kappa shape index (κ3) is 4.42. The number of methoxy groups -OCH3 is 1. The van der Waals surface area contributed by atoms with Gasteiger partial charge in [-0.3, -0.25) is 9.59 Å². The highest BCUT2D eigenvalue weighted by molar-refractivity contribution is 5.96. The Kier molecular flexibility index (Phi) is 6.47. The molecule has 7 nitrogen and oxygen atoms in total. The van der Waals surface area contributed by atoms with Crippen LogP contribution in [-0.2, 0) is 0 Å². The molecule has 7 heteroatoms. The van der Waals surface area contributed by atoms with Crippen molar-refractivity contribution in [2.45, 2.75) is 13.3 Å². The number of carbonyl (C=O) groups excluding carboxylic acids is 2. The van der Waals surface area contributed by atoms with E-state index >= 15 is 0 Å². The molecule has 1 N–H and O–H groups in total. The van der Waals surface area contributed by atoms with Crippen LogP contribution >= 0.6 is 0 Å². The first-order valence-corrected chi connectivity index (χ1v) is 9.56. The Morgan fingerprint density at radius 3 is 2.46 bits per heavy atom. The van der Waals surface area contributed by atoms with Crippen LogP contribution < -0.4 is 15.0 Å². The quantitative estimate of drug-likeness (QED) is 0.829. The number of piperazine rings is 1. The molecule has 0 bridgehead atoms. The molecular formula is C21H26N4O3. The molecule has 0 atom stereocenters. The summed E-state index contributed by atoms with van der Waals surface area (Å²) in [4.78, 5) is 33.2. The predicted molar refractivity (Wildman–Crippen MR) is 108 cm³/mol. The third-order valence-electron chi connectivity index (χ3n) is 4.73. The molecule has 148 valence electrons. The SMILES string of the molecule is CCCNC(=O)c1cccc(C(=O)N2CCN(c3ccccc3OC)CC2)n1. The molecule has 0 unspecified atom stereocenters. The van der Waals surface area contributed by atoms with E-state index in [2.05, 4.69) is 15.2 Å². The number of nitrogens with zero attached hydrogens (tertiary/aromatic N) is 3. The normalized spacial score (nSPS) is 13.9. The van der Waals surface area contributed by atoms with Crippen molar-refractivity contribution in [2.24, 2.45) is 0 Å². The zero-order chi connectivity index (χ0) is 19.9. The minimum Gasteiger partial charge on any atom is -0.495 e. The number of carbonyl (C=O) groups is 2. The molecule has 0 saturated carbocycles. The van der Waals surface area contributed by atoms with Crippen LogP contribution in [0.4, 0.5) is 5.69 Å². The van der Waals surface area contributed by atoms with Gasteiger partial charge in [0, 0.05) is 32.7 Å². The molecule has 1 aliphatic heterocycles. The van der Waals surface area contributed by atoms with E-state index in [-0.39, 0.29) is 17.5 Å². The lowest BCUT2D eigenvalue weighted by atomic mass is 10.2. The summed E-state index contributed by atoms with van der Waals surface area (Å²) in [5, 5.41) is 2.78. The highest BCUT2D eigenvalue weighted by Crippen LogP contribution is 2.28. The Morgan fingerprint density at radius 2 is 1.75 bits per heavy atom. The van der Waals surface area contributed by atoms with Gasteiger partial charge in [0.15, 0.2) is 0 Å². The van der Waals surface area contributed by atoms with Crippen molar-refractivity contribution >= 4 is 17.5 Å². The first-order chi connectivity index (χ1) is 13.6. The van der Waals surface area contributed by atoms with E-state index in [0.29, 0.717) is 38.4 Å². The van der Waals surface area contributed by atoms with Crippen molar-refractivity contribution in [2.75, 3.05) is 44.7 Å². The summed E-state index contributed by atoms with van der Waals surface area (Å²) in [7, 11) is 1.66. The van der Waals surface area contributed by atoms with Crippen LogP contribution in [0.1, 0.15) is 34.3 Å². The largest absolute Gasteiger partial charge is 0.495 e. The summed E-state index contributed by atoms with van der Waals surface area (Å²) >= 11 is 0. The van der Waals surface area contributed by atoms with Crippen molar-refractivity contribution in [3.63, 3.8) is 0 Å². The van der Waals surface area contributed by atoms with Crippen LogP contribution in [0.25, 0.3) is 0 Å². The summed E-state index contributed by atoms with van der Waals surface area (Å²) < 4.78 is 5.44. The number of nitrogens with one attached hydrogen (secondary N) is 1. The van der Waals surface area contributed by atoms with E-state index in [1.165, 1.54) is 0 Å². The first-order valence-electron chi connectivity index (χ1n) is 9.56. The van der Waals surface area contributed by atoms with Crippen molar-refractivity contribution in [3.05, 3.63) is 53.9 Å². The molecule has 2 heterocycles. The molecule has 1 aromatic heterocycles. The third-order valence-corrected chi connectivity index (χ3v) is 4.73. The van der Waals surface area contributed by atoms with Gasteiger partial charge in [0.2, 0.25) is 0 Å². The number of hydrogen-bond acceptors (Lipinski definition) is 5. The van der Waals surface area contributed by atoms with Crippen LogP contribution in [0.5, 0.6) is 5.75 Å². The zero-order valence-electron chi connectivity index (χ0n) is 16.4.